The number of rotatable bonds is 6. The quantitative estimate of drug-likeness (QED) is 0.510. The van der Waals surface area contributed by atoms with Gasteiger partial charge in [0.05, 0.1) is 40.6 Å². The highest BCUT2D eigenvalue weighted by Crippen LogP contribution is 2.31. The zero-order valence-corrected chi connectivity index (χ0v) is 15.2. The van der Waals surface area contributed by atoms with Crippen molar-refractivity contribution in [2.24, 2.45) is 0 Å². The average molecular weight is 373 g/mol. The van der Waals surface area contributed by atoms with Crippen LogP contribution in [0.25, 0.3) is 20.8 Å². The lowest BCUT2D eigenvalue weighted by atomic mass is 10.2. The van der Waals surface area contributed by atoms with Crippen molar-refractivity contribution in [1.82, 2.24) is 19.9 Å². The van der Waals surface area contributed by atoms with Gasteiger partial charge in [-0.1, -0.05) is 18.2 Å². The van der Waals surface area contributed by atoms with Crippen molar-refractivity contribution < 1.29 is 4.74 Å². The molecule has 0 aliphatic heterocycles. The summed E-state index contributed by atoms with van der Waals surface area (Å²) in [5.41, 5.74) is 3.42. The maximum Gasteiger partial charge on any atom is 0.316 e. The third-order valence-electron chi connectivity index (χ3n) is 3.96. The number of hydrogen-bond acceptors (Lipinski definition) is 7. The summed E-state index contributed by atoms with van der Waals surface area (Å²) in [6.07, 6.45) is 6.12. The van der Waals surface area contributed by atoms with Gasteiger partial charge in [-0.15, -0.1) is 11.3 Å². The van der Waals surface area contributed by atoms with Gasteiger partial charge in [-0.3, -0.25) is 4.98 Å². The molecule has 3 heterocycles. The number of nitriles is 1. The monoisotopic (exact) mass is 373 g/mol. The third-order valence-corrected chi connectivity index (χ3v) is 5.03. The van der Waals surface area contributed by atoms with Crippen LogP contribution in [-0.4, -0.2) is 26.5 Å². The Hall–Kier alpha value is -3.37. The SMILES string of the molecule is N#CCc1nc(OCCc2cccnc2)ncc1-c1nc2ccccc2s1. The molecule has 0 saturated carbocycles. The molecule has 6 nitrogen and oxygen atoms in total. The van der Waals surface area contributed by atoms with Gasteiger partial charge in [0.25, 0.3) is 0 Å². The molecule has 0 radical (unpaired) electrons. The molecule has 3 aromatic heterocycles. The van der Waals surface area contributed by atoms with Gasteiger partial charge in [-0.25, -0.2) is 9.97 Å². The van der Waals surface area contributed by atoms with E-state index < -0.39 is 0 Å². The molecule has 0 fully saturated rings. The van der Waals surface area contributed by atoms with Crippen LogP contribution in [0.1, 0.15) is 11.3 Å². The van der Waals surface area contributed by atoms with Crippen molar-refractivity contribution >= 4 is 21.6 Å². The van der Waals surface area contributed by atoms with Crippen LogP contribution in [0.3, 0.4) is 0 Å². The summed E-state index contributed by atoms with van der Waals surface area (Å²) < 4.78 is 6.76. The fourth-order valence-electron chi connectivity index (χ4n) is 2.65. The summed E-state index contributed by atoms with van der Waals surface area (Å²) in [6, 6.07) is 14.3. The number of hydrogen-bond donors (Lipinski definition) is 0. The van der Waals surface area contributed by atoms with E-state index in [4.69, 9.17) is 4.74 Å². The van der Waals surface area contributed by atoms with Crippen LogP contribution in [0.5, 0.6) is 6.01 Å². The van der Waals surface area contributed by atoms with Crippen molar-refractivity contribution in [3.05, 3.63) is 66.2 Å². The average Bonchev–Trinajstić information content (AvgIpc) is 3.13. The minimum absolute atomic E-state index is 0.173. The van der Waals surface area contributed by atoms with Crippen molar-refractivity contribution in [3.63, 3.8) is 0 Å². The number of nitrogens with zero attached hydrogens (tertiary/aromatic N) is 5. The van der Waals surface area contributed by atoms with Gasteiger partial charge in [0, 0.05) is 25.0 Å². The number of fused-ring (bicyclic) bond motifs is 1. The summed E-state index contributed by atoms with van der Waals surface area (Å²) >= 11 is 1.56. The lowest BCUT2D eigenvalue weighted by Crippen LogP contribution is -2.06. The Labute approximate surface area is 160 Å². The van der Waals surface area contributed by atoms with Crippen LogP contribution in [0.15, 0.2) is 55.0 Å². The van der Waals surface area contributed by atoms with Crippen molar-refractivity contribution in [2.45, 2.75) is 12.8 Å². The maximum atomic E-state index is 9.17. The molecular weight excluding hydrogens is 358 g/mol. The molecule has 0 saturated heterocycles. The number of benzene rings is 1. The third kappa shape index (κ3) is 3.91. The molecular formula is C20H15N5OS. The number of pyridine rings is 1. The van der Waals surface area contributed by atoms with Crippen molar-refractivity contribution in [1.29, 1.82) is 5.26 Å². The van der Waals surface area contributed by atoms with E-state index in [0.717, 1.165) is 26.4 Å². The molecule has 0 amide bonds. The molecule has 1 aromatic carbocycles. The highest BCUT2D eigenvalue weighted by molar-refractivity contribution is 7.21. The number of aromatic nitrogens is 4. The van der Waals surface area contributed by atoms with Gasteiger partial charge in [0.15, 0.2) is 0 Å². The minimum Gasteiger partial charge on any atom is -0.463 e. The summed E-state index contributed by atoms with van der Waals surface area (Å²) in [4.78, 5) is 17.5. The first-order valence-electron chi connectivity index (χ1n) is 8.44. The molecule has 7 heteroatoms. The topological polar surface area (TPSA) is 84.6 Å². The largest absolute Gasteiger partial charge is 0.463 e. The van der Waals surface area contributed by atoms with Gasteiger partial charge in [0.1, 0.15) is 5.01 Å². The predicted molar refractivity (Wildman–Crippen MR) is 103 cm³/mol. The second kappa shape index (κ2) is 7.89. The van der Waals surface area contributed by atoms with Gasteiger partial charge in [-0.05, 0) is 23.8 Å². The first kappa shape index (κ1) is 17.1. The zero-order valence-electron chi connectivity index (χ0n) is 14.4. The molecule has 4 rings (SSSR count). The standard InChI is InChI=1S/C20H15N5OS/c21-9-7-16-15(19-24-17-5-1-2-6-18(17)27-19)13-23-20(25-16)26-11-8-14-4-3-10-22-12-14/h1-6,10,12-13H,7-8,11H2. The van der Waals surface area contributed by atoms with E-state index in [0.29, 0.717) is 18.7 Å². The van der Waals surface area contributed by atoms with Crippen molar-refractivity contribution in [2.75, 3.05) is 6.61 Å². The normalized spacial score (nSPS) is 10.6. The van der Waals surface area contributed by atoms with Gasteiger partial charge in [0.2, 0.25) is 0 Å². The van der Waals surface area contributed by atoms with E-state index in [1.807, 2.05) is 42.6 Å². The predicted octanol–water partition coefficient (Wildman–Crippen LogP) is 3.84. The molecule has 132 valence electrons. The number of thiazole rings is 1. The lowest BCUT2D eigenvalue weighted by Gasteiger charge is -2.07. The van der Waals surface area contributed by atoms with E-state index in [2.05, 4.69) is 26.0 Å². The van der Waals surface area contributed by atoms with Gasteiger partial charge >= 0.3 is 6.01 Å². The summed E-state index contributed by atoms with van der Waals surface area (Å²) in [6.45, 7) is 0.443. The van der Waals surface area contributed by atoms with Crippen LogP contribution in [0, 0.1) is 11.3 Å². The molecule has 0 aliphatic rings. The van der Waals surface area contributed by atoms with Gasteiger partial charge in [-0.2, -0.15) is 10.2 Å². The first-order valence-corrected chi connectivity index (χ1v) is 9.25. The molecule has 27 heavy (non-hydrogen) atoms. The Morgan fingerprint density at radius 3 is 2.81 bits per heavy atom. The zero-order chi connectivity index (χ0) is 18.5. The molecule has 0 bridgehead atoms. The Bertz CT molecular complexity index is 1070. The molecule has 0 unspecified atom stereocenters. The summed E-state index contributed by atoms with van der Waals surface area (Å²) in [5.74, 6) is 0. The molecule has 4 aromatic rings. The molecule has 0 atom stereocenters. The maximum absolute atomic E-state index is 9.17. The van der Waals surface area contributed by atoms with E-state index in [1.54, 1.807) is 23.7 Å². The summed E-state index contributed by atoms with van der Waals surface area (Å²) in [7, 11) is 0. The molecule has 0 N–H and O–H groups in total. The number of para-hydroxylation sites is 1. The van der Waals surface area contributed by atoms with E-state index >= 15 is 0 Å². The second-order valence-corrected chi connectivity index (χ2v) is 6.82. The highest BCUT2D eigenvalue weighted by atomic mass is 32.1. The van der Waals surface area contributed by atoms with E-state index in [1.165, 1.54) is 0 Å². The van der Waals surface area contributed by atoms with Crippen LogP contribution >= 0.6 is 11.3 Å². The van der Waals surface area contributed by atoms with E-state index in [9.17, 15) is 5.26 Å². The van der Waals surface area contributed by atoms with Crippen LogP contribution < -0.4 is 4.74 Å². The summed E-state index contributed by atoms with van der Waals surface area (Å²) in [5, 5.41) is 9.98. The Balaban J connectivity index is 1.55. The van der Waals surface area contributed by atoms with Crippen LogP contribution in [-0.2, 0) is 12.8 Å². The second-order valence-electron chi connectivity index (χ2n) is 5.79. The molecule has 0 aliphatic carbocycles. The Kier molecular flexibility index (Phi) is 4.99. The van der Waals surface area contributed by atoms with Crippen LogP contribution in [0.4, 0.5) is 0 Å². The smallest absolute Gasteiger partial charge is 0.316 e. The van der Waals surface area contributed by atoms with Gasteiger partial charge < -0.3 is 4.74 Å². The fourth-order valence-corrected chi connectivity index (χ4v) is 3.65. The van der Waals surface area contributed by atoms with E-state index in [-0.39, 0.29) is 12.4 Å². The minimum atomic E-state index is 0.173. The fraction of sp³-hybridized carbons (Fsp3) is 0.150. The first-order chi connectivity index (χ1) is 13.3. The lowest BCUT2D eigenvalue weighted by molar-refractivity contribution is 0.295. The molecule has 0 spiro atoms. The van der Waals surface area contributed by atoms with Crippen molar-refractivity contribution in [3.8, 4) is 22.7 Å². The number of ether oxygens (including phenoxy) is 1. The Morgan fingerprint density at radius 2 is 2.00 bits per heavy atom. The Morgan fingerprint density at radius 1 is 1.07 bits per heavy atom. The van der Waals surface area contributed by atoms with Crippen LogP contribution in [0.2, 0.25) is 0 Å². The highest BCUT2D eigenvalue weighted by Gasteiger charge is 2.14.